The van der Waals surface area contributed by atoms with E-state index < -0.39 is 11.0 Å². The summed E-state index contributed by atoms with van der Waals surface area (Å²) in [4.78, 5) is 21.6. The molecule has 3 aromatic heterocycles. The van der Waals surface area contributed by atoms with Crippen LogP contribution in [0.5, 0.6) is 0 Å². The number of nitrogens with one attached hydrogen (secondary N) is 2. The van der Waals surface area contributed by atoms with E-state index in [-0.39, 0.29) is 17.5 Å². The lowest BCUT2D eigenvalue weighted by atomic mass is 9.99. The van der Waals surface area contributed by atoms with Crippen molar-refractivity contribution in [1.29, 1.82) is 0 Å². The average Bonchev–Trinajstić information content (AvgIpc) is 2.95. The zero-order chi connectivity index (χ0) is 30.0. The van der Waals surface area contributed by atoms with E-state index in [1.807, 2.05) is 33.8 Å². The largest absolute Gasteiger partial charge is 0.378 e. The topological polar surface area (TPSA) is 131 Å². The maximum atomic E-state index is 13.1. The smallest absolute Gasteiger partial charge is 0.222 e. The van der Waals surface area contributed by atoms with Crippen molar-refractivity contribution >= 4 is 39.5 Å². The lowest BCUT2D eigenvalue weighted by molar-refractivity contribution is 0.122. The molecule has 11 heteroatoms. The number of nitrogens with zero attached hydrogens (tertiary/aromatic N) is 5. The van der Waals surface area contributed by atoms with Gasteiger partial charge in [0, 0.05) is 53.1 Å². The summed E-state index contributed by atoms with van der Waals surface area (Å²) in [5.41, 5.74) is 11.3. The Bertz CT molecular complexity index is 1620. The fourth-order valence-electron chi connectivity index (χ4n) is 5.24. The molecule has 4 aromatic rings. The Balaban J connectivity index is 1.59. The van der Waals surface area contributed by atoms with Crippen molar-refractivity contribution < 1.29 is 8.95 Å². The van der Waals surface area contributed by atoms with Crippen LogP contribution in [0.1, 0.15) is 57.0 Å². The highest BCUT2D eigenvalue weighted by Crippen LogP contribution is 2.37. The molecule has 1 aromatic carbocycles. The molecule has 10 nitrogen and oxygen atoms in total. The van der Waals surface area contributed by atoms with Crippen molar-refractivity contribution in [3.05, 3.63) is 59.5 Å². The summed E-state index contributed by atoms with van der Waals surface area (Å²) in [5, 5.41) is 4.78. The molecule has 0 spiro atoms. The Kier molecular flexibility index (Phi) is 8.72. The van der Waals surface area contributed by atoms with Crippen LogP contribution in [0.25, 0.3) is 22.0 Å². The number of nitrogen functional groups attached to an aromatic ring is 1. The van der Waals surface area contributed by atoms with Crippen molar-refractivity contribution in [3.63, 3.8) is 0 Å². The van der Waals surface area contributed by atoms with Gasteiger partial charge < -0.3 is 20.7 Å². The first-order chi connectivity index (χ1) is 20.0. The third kappa shape index (κ3) is 6.53. The highest BCUT2D eigenvalue weighted by atomic mass is 32.2. The van der Waals surface area contributed by atoms with Gasteiger partial charge in [0.2, 0.25) is 5.95 Å². The van der Waals surface area contributed by atoms with Crippen molar-refractivity contribution in [3.8, 4) is 11.1 Å². The number of para-hydroxylation sites is 1. The van der Waals surface area contributed by atoms with Gasteiger partial charge in [0.05, 0.1) is 35.4 Å². The maximum Gasteiger partial charge on any atom is 0.222 e. The maximum absolute atomic E-state index is 13.1. The second kappa shape index (κ2) is 12.3. The summed E-state index contributed by atoms with van der Waals surface area (Å²) in [6.07, 6.45) is 4.13. The number of benzene rings is 1. The molecule has 1 aliphatic rings. The van der Waals surface area contributed by atoms with E-state index in [0.717, 1.165) is 58.5 Å². The number of nitrogens with two attached hydrogens (primary N) is 1. The summed E-state index contributed by atoms with van der Waals surface area (Å²) in [6, 6.07) is 10.3. The fourth-order valence-corrected chi connectivity index (χ4v) is 6.31. The minimum atomic E-state index is -1.44. The molecule has 0 radical (unpaired) electrons. The average molecular weight is 589 g/mol. The van der Waals surface area contributed by atoms with E-state index in [9.17, 15) is 4.21 Å². The van der Waals surface area contributed by atoms with Crippen LogP contribution in [-0.4, -0.2) is 56.0 Å². The van der Waals surface area contributed by atoms with Crippen molar-refractivity contribution in [2.75, 3.05) is 42.3 Å². The van der Waals surface area contributed by atoms with Gasteiger partial charge in [-0.1, -0.05) is 25.1 Å². The Hall–Kier alpha value is -3.67. The number of ether oxygens (including phenoxy) is 1. The first-order valence-corrected chi connectivity index (χ1v) is 15.5. The number of aromatic nitrogens is 4. The molecule has 1 aliphatic heterocycles. The lowest BCUT2D eigenvalue weighted by Gasteiger charge is -2.32. The standard InChI is InChI=1S/C31H40N8O2S/c1-7-25(24-16-21-10-8-9-19(2)27(21)36-29(24)39-11-13-41-14-12-39)35-28-26(20(3)34-30(32)37-28)22-15-23(18-33-17-22)42(40)38-31(4,5)6/h8-10,15-18,25,38H,7,11-14H2,1-6H3,(H3,32,34,35,37). The van der Waals surface area contributed by atoms with E-state index in [0.29, 0.717) is 29.6 Å². The number of pyridine rings is 2. The first-order valence-electron chi connectivity index (χ1n) is 14.3. The van der Waals surface area contributed by atoms with E-state index in [2.05, 4.69) is 68.0 Å². The van der Waals surface area contributed by atoms with E-state index >= 15 is 0 Å². The number of aryl methyl sites for hydroxylation is 2. The zero-order valence-electron chi connectivity index (χ0n) is 25.2. The Morgan fingerprint density at radius 3 is 2.57 bits per heavy atom. The number of anilines is 3. The summed E-state index contributed by atoms with van der Waals surface area (Å²) < 4.78 is 21.8. The summed E-state index contributed by atoms with van der Waals surface area (Å²) in [7, 11) is -1.44. The summed E-state index contributed by atoms with van der Waals surface area (Å²) >= 11 is 0. The van der Waals surface area contributed by atoms with E-state index in [1.54, 1.807) is 12.4 Å². The quantitative estimate of drug-likeness (QED) is 0.257. The second-order valence-electron chi connectivity index (χ2n) is 11.7. The van der Waals surface area contributed by atoms with Crippen LogP contribution < -0.4 is 20.7 Å². The minimum Gasteiger partial charge on any atom is -0.378 e. The SMILES string of the molecule is CCC(Nc1nc(N)nc(C)c1-c1cncc(S(=O)NC(C)(C)C)c1)c1cc2cccc(C)c2nc1N1CCOCC1. The van der Waals surface area contributed by atoms with Crippen LogP contribution in [0.15, 0.2) is 47.6 Å². The molecule has 0 amide bonds. The van der Waals surface area contributed by atoms with Crippen LogP contribution in [-0.2, 0) is 15.7 Å². The first kappa shape index (κ1) is 29.8. The highest BCUT2D eigenvalue weighted by molar-refractivity contribution is 7.83. The Morgan fingerprint density at radius 2 is 1.86 bits per heavy atom. The molecule has 42 heavy (non-hydrogen) atoms. The molecule has 0 aliphatic carbocycles. The Morgan fingerprint density at radius 1 is 1.10 bits per heavy atom. The van der Waals surface area contributed by atoms with Crippen LogP contribution in [0.3, 0.4) is 0 Å². The van der Waals surface area contributed by atoms with E-state index in [1.165, 1.54) is 0 Å². The zero-order valence-corrected chi connectivity index (χ0v) is 26.0. The monoisotopic (exact) mass is 588 g/mol. The summed E-state index contributed by atoms with van der Waals surface area (Å²) in [5.74, 6) is 1.72. The minimum absolute atomic E-state index is 0.125. The third-order valence-corrected chi connectivity index (χ3v) is 8.63. The van der Waals surface area contributed by atoms with Gasteiger partial charge in [-0.3, -0.25) is 4.98 Å². The molecule has 2 unspecified atom stereocenters. The van der Waals surface area contributed by atoms with Gasteiger partial charge in [-0.15, -0.1) is 0 Å². The van der Waals surface area contributed by atoms with Crippen LogP contribution in [0, 0.1) is 13.8 Å². The number of hydrogen-bond acceptors (Lipinski definition) is 9. The second-order valence-corrected chi connectivity index (χ2v) is 12.9. The predicted octanol–water partition coefficient (Wildman–Crippen LogP) is 5.10. The normalized spacial score (nSPS) is 15.5. The molecule has 4 heterocycles. The number of rotatable bonds is 8. The van der Waals surface area contributed by atoms with Gasteiger partial charge in [-0.25, -0.2) is 18.9 Å². The number of fused-ring (bicyclic) bond motifs is 1. The number of morpholine rings is 1. The number of hydrogen-bond donors (Lipinski definition) is 3. The van der Waals surface area contributed by atoms with Crippen molar-refractivity contribution in [2.45, 2.75) is 64.4 Å². The van der Waals surface area contributed by atoms with Gasteiger partial charge in [0.25, 0.3) is 0 Å². The van der Waals surface area contributed by atoms with Gasteiger partial charge in [-0.05, 0) is 58.7 Å². The summed E-state index contributed by atoms with van der Waals surface area (Å²) in [6.45, 7) is 14.9. The van der Waals surface area contributed by atoms with Crippen molar-refractivity contribution in [2.24, 2.45) is 0 Å². The van der Waals surface area contributed by atoms with Gasteiger partial charge in [0.1, 0.15) is 22.6 Å². The molecule has 0 saturated carbocycles. The molecular formula is C31H40N8O2S. The van der Waals surface area contributed by atoms with Gasteiger partial charge >= 0.3 is 0 Å². The molecule has 4 N–H and O–H groups in total. The van der Waals surface area contributed by atoms with Gasteiger partial charge in [-0.2, -0.15) is 4.98 Å². The molecule has 5 rings (SSSR count). The van der Waals surface area contributed by atoms with E-state index in [4.69, 9.17) is 15.5 Å². The van der Waals surface area contributed by atoms with Crippen LogP contribution in [0.4, 0.5) is 17.6 Å². The molecule has 0 bridgehead atoms. The molecule has 2 atom stereocenters. The van der Waals surface area contributed by atoms with Crippen LogP contribution in [0.2, 0.25) is 0 Å². The predicted molar refractivity (Wildman–Crippen MR) is 170 cm³/mol. The third-order valence-electron chi connectivity index (χ3n) is 7.18. The highest BCUT2D eigenvalue weighted by Gasteiger charge is 2.25. The lowest BCUT2D eigenvalue weighted by Crippen LogP contribution is -2.38. The fraction of sp³-hybridized carbons (Fsp3) is 0.419. The molecule has 222 valence electrons. The Labute approximate surface area is 250 Å². The molecule has 1 saturated heterocycles. The van der Waals surface area contributed by atoms with Crippen molar-refractivity contribution in [1.82, 2.24) is 24.7 Å². The van der Waals surface area contributed by atoms with Crippen LogP contribution >= 0.6 is 0 Å². The molecular weight excluding hydrogens is 548 g/mol. The molecule has 1 fully saturated rings. The van der Waals surface area contributed by atoms with Gasteiger partial charge in [0.15, 0.2) is 0 Å².